The number of halogens is 3. The molecule has 3 aromatic rings. The third-order valence-electron chi connectivity index (χ3n) is 4.28. The lowest BCUT2D eigenvalue weighted by Gasteiger charge is -2.18. The molecule has 0 unspecified atom stereocenters. The van der Waals surface area contributed by atoms with E-state index < -0.39 is 0 Å². The van der Waals surface area contributed by atoms with E-state index in [-0.39, 0.29) is 32.4 Å². The zero-order valence-electron chi connectivity index (χ0n) is 16.2. The normalized spacial score (nSPS) is 11.5. The lowest BCUT2D eigenvalue weighted by molar-refractivity contribution is -0.598. The second-order valence-electron chi connectivity index (χ2n) is 7.60. The van der Waals surface area contributed by atoms with Crippen LogP contribution in [0.1, 0.15) is 31.9 Å². The van der Waals surface area contributed by atoms with Gasteiger partial charge in [0, 0.05) is 5.56 Å². The average molecular weight is 711 g/mol. The lowest BCUT2D eigenvalue weighted by Crippen LogP contribution is -3.61. The molecular weight excluding hydrogens is 689 g/mol. The smallest absolute Gasteiger partial charge is 0.358 e. The Labute approximate surface area is 204 Å². The molecule has 0 amide bonds. The zero-order valence-corrected chi connectivity index (χ0v) is 22.7. The highest BCUT2D eigenvalue weighted by Gasteiger charge is 2.21. The highest BCUT2D eigenvalue weighted by atomic mass is 127. The first-order valence-electron chi connectivity index (χ1n) is 8.85. The third-order valence-corrected chi connectivity index (χ3v) is 9.12. The number of hydrogen-bond donors (Lipinski definition) is 1. The van der Waals surface area contributed by atoms with Crippen LogP contribution in [-0.2, 0) is 5.41 Å². The van der Waals surface area contributed by atoms with Gasteiger partial charge < -0.3 is 9.84 Å². The molecule has 0 atom stereocenters. The van der Waals surface area contributed by atoms with Crippen LogP contribution >= 0.6 is 45.2 Å². The van der Waals surface area contributed by atoms with Crippen LogP contribution in [-0.4, -0.2) is 5.11 Å². The fraction of sp³-hybridized carbons (Fsp3) is 0.217. The van der Waals surface area contributed by atoms with E-state index in [1.54, 1.807) is 6.07 Å². The Morgan fingerprint density at radius 2 is 1.57 bits per heavy atom. The molecule has 0 saturated carbocycles. The van der Waals surface area contributed by atoms with Gasteiger partial charge in [-0.15, -0.1) is 0 Å². The van der Waals surface area contributed by atoms with Crippen LogP contribution in [0.5, 0.6) is 17.2 Å². The van der Waals surface area contributed by atoms with Crippen LogP contribution in [0.3, 0.4) is 0 Å². The second kappa shape index (κ2) is 9.07. The Balaban J connectivity index is 1.76. The molecule has 0 radical (unpaired) electrons. The number of phenolic OH excluding ortho intramolecular Hbond substituents is 1. The van der Waals surface area contributed by atoms with E-state index in [9.17, 15) is 5.11 Å². The van der Waals surface area contributed by atoms with E-state index in [4.69, 9.17) is 4.74 Å². The molecular formula is C23H22I3O2+. The Hall–Kier alpha value is -0.550. The summed E-state index contributed by atoms with van der Waals surface area (Å²) in [5.41, 5.74) is 2.82. The monoisotopic (exact) mass is 711 g/mol. The summed E-state index contributed by atoms with van der Waals surface area (Å²) >= 11 is 4.07. The Bertz CT molecular complexity index is 990. The topological polar surface area (TPSA) is 29.5 Å². The molecule has 1 N–H and O–H groups in total. The second-order valence-corrected chi connectivity index (χ2v) is 12.9. The van der Waals surface area contributed by atoms with Crippen LogP contribution in [0.25, 0.3) is 0 Å². The van der Waals surface area contributed by atoms with Crippen LogP contribution in [0.15, 0.2) is 54.6 Å². The van der Waals surface area contributed by atoms with Crippen molar-refractivity contribution >= 4 is 45.2 Å². The van der Waals surface area contributed by atoms with Crippen LogP contribution in [0.4, 0.5) is 0 Å². The predicted octanol–water partition coefficient (Wildman–Crippen LogP) is 4.13. The minimum atomic E-state index is -0.223. The van der Waals surface area contributed by atoms with Gasteiger partial charge >= 0.3 is 21.2 Å². The fourth-order valence-electron chi connectivity index (χ4n) is 2.64. The molecule has 2 nitrogen and oxygen atoms in total. The van der Waals surface area contributed by atoms with Gasteiger partial charge in [-0.05, 0) is 106 Å². The molecule has 0 bridgehead atoms. The standard InChI is InChI=1S/C23H21I3O2/c1-14-11-17(28-22-13-18(24)21(27)12-19(22)25)9-10-20(14)26-16-7-5-15(6-8-16)23(2,3)4/h5-13H,1-4H3/p+1. The van der Waals surface area contributed by atoms with Gasteiger partial charge in [-0.2, -0.15) is 0 Å². The average Bonchev–Trinajstić information content (AvgIpc) is 2.62. The summed E-state index contributed by atoms with van der Waals surface area (Å²) < 4.78 is 10.6. The number of benzene rings is 3. The lowest BCUT2D eigenvalue weighted by atomic mass is 9.87. The first kappa shape index (κ1) is 22.1. The maximum Gasteiger partial charge on any atom is 0.358 e. The number of rotatable bonds is 4. The van der Waals surface area contributed by atoms with Gasteiger partial charge in [0.1, 0.15) is 17.2 Å². The van der Waals surface area contributed by atoms with Gasteiger partial charge in [-0.1, -0.05) is 32.9 Å². The van der Waals surface area contributed by atoms with E-state index in [1.165, 1.54) is 18.3 Å². The summed E-state index contributed by atoms with van der Waals surface area (Å²) in [6.07, 6.45) is 0. The van der Waals surface area contributed by atoms with Gasteiger partial charge in [-0.3, -0.25) is 0 Å². The largest absolute Gasteiger partial charge is 0.507 e. The summed E-state index contributed by atoms with van der Waals surface area (Å²) in [5.74, 6) is 1.88. The Kier molecular flexibility index (Phi) is 7.18. The highest BCUT2D eigenvalue weighted by molar-refractivity contribution is 14.1. The minimum Gasteiger partial charge on any atom is -0.507 e. The minimum absolute atomic E-state index is 0.190. The summed E-state index contributed by atoms with van der Waals surface area (Å²) in [4.78, 5) is 0. The highest BCUT2D eigenvalue weighted by Crippen LogP contribution is 2.33. The van der Waals surface area contributed by atoms with Gasteiger partial charge in [0.25, 0.3) is 0 Å². The Morgan fingerprint density at radius 3 is 2.18 bits per heavy atom. The van der Waals surface area contributed by atoms with Gasteiger partial charge in [0.2, 0.25) is 0 Å². The molecule has 5 heteroatoms. The molecule has 0 aliphatic heterocycles. The van der Waals surface area contributed by atoms with Crippen LogP contribution in [0, 0.1) is 21.2 Å². The zero-order chi connectivity index (χ0) is 20.5. The van der Waals surface area contributed by atoms with Gasteiger partial charge in [0.15, 0.2) is 7.14 Å². The number of ether oxygens (including phenoxy) is 1. The summed E-state index contributed by atoms with van der Waals surface area (Å²) in [6, 6.07) is 19.0. The van der Waals surface area contributed by atoms with Crippen molar-refractivity contribution in [2.45, 2.75) is 33.1 Å². The molecule has 0 saturated heterocycles. The fourth-order valence-corrected chi connectivity index (χ4v) is 5.97. The molecule has 3 aromatic carbocycles. The summed E-state index contributed by atoms with van der Waals surface area (Å²) in [6.45, 7) is 8.89. The van der Waals surface area contributed by atoms with Crippen LogP contribution in [0.2, 0.25) is 0 Å². The van der Waals surface area contributed by atoms with Crippen molar-refractivity contribution in [3.63, 3.8) is 0 Å². The van der Waals surface area contributed by atoms with E-state index >= 15 is 0 Å². The molecule has 0 aliphatic carbocycles. The summed E-state index contributed by atoms with van der Waals surface area (Å²) in [7, 11) is 0. The third kappa shape index (κ3) is 5.53. The molecule has 0 fully saturated rings. The van der Waals surface area contributed by atoms with Crippen molar-refractivity contribution in [3.8, 4) is 17.2 Å². The van der Waals surface area contributed by atoms with Crippen molar-refractivity contribution in [2.24, 2.45) is 0 Å². The predicted molar refractivity (Wildman–Crippen MR) is 127 cm³/mol. The van der Waals surface area contributed by atoms with E-state index in [2.05, 4.69) is 109 Å². The van der Waals surface area contributed by atoms with E-state index in [0.29, 0.717) is 0 Å². The molecule has 0 heterocycles. The van der Waals surface area contributed by atoms with Crippen LogP contribution < -0.4 is 25.9 Å². The molecule has 0 spiro atoms. The quantitative estimate of drug-likeness (QED) is 0.413. The first-order chi connectivity index (χ1) is 13.1. The Morgan fingerprint density at radius 1 is 0.893 bits per heavy atom. The molecule has 3 rings (SSSR count). The van der Waals surface area contributed by atoms with Crippen molar-refractivity contribution in [2.75, 3.05) is 0 Å². The molecule has 0 aliphatic rings. The van der Waals surface area contributed by atoms with E-state index in [0.717, 1.165) is 18.6 Å². The van der Waals surface area contributed by atoms with E-state index in [1.807, 2.05) is 12.1 Å². The van der Waals surface area contributed by atoms with Crippen molar-refractivity contribution < 1.29 is 31.0 Å². The number of hydrogen-bond acceptors (Lipinski definition) is 2. The number of aryl methyl sites for hydroxylation is 1. The first-order valence-corrected chi connectivity index (χ1v) is 13.2. The van der Waals surface area contributed by atoms with Crippen molar-refractivity contribution in [1.82, 2.24) is 0 Å². The summed E-state index contributed by atoms with van der Waals surface area (Å²) in [5, 5.41) is 9.81. The number of phenols is 1. The maximum atomic E-state index is 9.81. The van der Waals surface area contributed by atoms with Gasteiger partial charge in [0.05, 0.1) is 7.14 Å². The SMILES string of the molecule is Cc1cc(Oc2cc(I)c(O)cc2I)ccc1[I+]c1ccc(C(C)(C)C)cc1. The molecule has 28 heavy (non-hydrogen) atoms. The van der Waals surface area contributed by atoms with Gasteiger partial charge in [-0.25, -0.2) is 0 Å². The van der Waals surface area contributed by atoms with Crippen molar-refractivity contribution in [1.29, 1.82) is 0 Å². The molecule has 146 valence electrons. The molecule has 0 aromatic heterocycles. The number of aromatic hydroxyl groups is 1. The maximum absolute atomic E-state index is 9.81. The van der Waals surface area contributed by atoms with Crippen molar-refractivity contribution in [3.05, 3.63) is 80.0 Å².